The van der Waals surface area contributed by atoms with Crippen molar-refractivity contribution in [3.05, 3.63) is 60.3 Å². The molecule has 2 atom stereocenters. The van der Waals surface area contributed by atoms with Crippen molar-refractivity contribution in [2.75, 3.05) is 28.6 Å². The molecular formula is C22H26ClFN8O. The zero-order chi connectivity index (χ0) is 22.5. The van der Waals surface area contributed by atoms with Crippen LogP contribution in [0.1, 0.15) is 31.4 Å². The van der Waals surface area contributed by atoms with Crippen LogP contribution >= 0.6 is 12.4 Å². The number of anilines is 4. The Bertz CT molecular complexity index is 1070. The van der Waals surface area contributed by atoms with Crippen molar-refractivity contribution in [2.45, 2.75) is 25.8 Å². The van der Waals surface area contributed by atoms with E-state index < -0.39 is 0 Å². The lowest BCUT2D eigenvalue weighted by atomic mass is 10.1. The highest BCUT2D eigenvalue weighted by atomic mass is 35.5. The highest BCUT2D eigenvalue weighted by molar-refractivity contribution is 5.85. The first-order valence-corrected chi connectivity index (χ1v) is 10.4. The first-order chi connectivity index (χ1) is 15.5. The number of hydrogen-bond acceptors (Lipinski definition) is 8. The summed E-state index contributed by atoms with van der Waals surface area (Å²) in [6, 6.07) is 8.00. The lowest BCUT2D eigenvalue weighted by Gasteiger charge is -2.21. The lowest BCUT2D eigenvalue weighted by Crippen LogP contribution is -2.24. The molecule has 1 amide bonds. The monoisotopic (exact) mass is 472 g/mol. The van der Waals surface area contributed by atoms with Gasteiger partial charge in [0, 0.05) is 38.0 Å². The van der Waals surface area contributed by atoms with Crippen LogP contribution in [0.15, 0.2) is 48.9 Å². The van der Waals surface area contributed by atoms with Crippen LogP contribution in [0, 0.1) is 11.7 Å². The summed E-state index contributed by atoms with van der Waals surface area (Å²) >= 11 is 0. The van der Waals surface area contributed by atoms with Crippen molar-refractivity contribution < 1.29 is 9.18 Å². The van der Waals surface area contributed by atoms with Crippen LogP contribution < -0.4 is 21.3 Å². The number of nitrogens with two attached hydrogens (primary N) is 1. The van der Waals surface area contributed by atoms with Crippen LogP contribution in [0.4, 0.5) is 27.8 Å². The molecule has 11 heteroatoms. The molecular weight excluding hydrogens is 447 g/mol. The predicted molar refractivity (Wildman–Crippen MR) is 127 cm³/mol. The minimum atomic E-state index is -0.292. The van der Waals surface area contributed by atoms with Gasteiger partial charge in [0.1, 0.15) is 23.3 Å². The average molecular weight is 473 g/mol. The summed E-state index contributed by atoms with van der Waals surface area (Å²) < 4.78 is 13.3. The van der Waals surface area contributed by atoms with E-state index in [-0.39, 0.29) is 36.1 Å². The van der Waals surface area contributed by atoms with Gasteiger partial charge < -0.3 is 21.3 Å². The third-order valence-corrected chi connectivity index (χ3v) is 5.35. The number of amides is 1. The van der Waals surface area contributed by atoms with Crippen molar-refractivity contribution in [3.63, 3.8) is 0 Å². The van der Waals surface area contributed by atoms with E-state index in [1.165, 1.54) is 12.1 Å². The maximum Gasteiger partial charge on any atom is 0.227 e. The lowest BCUT2D eigenvalue weighted by molar-refractivity contribution is -0.118. The van der Waals surface area contributed by atoms with Gasteiger partial charge in [0.15, 0.2) is 0 Å². The second-order valence-electron chi connectivity index (χ2n) is 7.84. The summed E-state index contributed by atoms with van der Waals surface area (Å²) in [6.07, 6.45) is 6.02. The molecule has 3 aromatic rings. The molecule has 1 fully saturated rings. The smallest absolute Gasteiger partial charge is 0.227 e. The number of rotatable bonds is 8. The molecule has 0 spiro atoms. The molecule has 0 radical (unpaired) electrons. The fourth-order valence-electron chi connectivity index (χ4n) is 3.74. The van der Waals surface area contributed by atoms with Gasteiger partial charge in [0.2, 0.25) is 11.9 Å². The molecule has 9 nitrogen and oxygen atoms in total. The average Bonchev–Trinajstić information content (AvgIpc) is 3.22. The summed E-state index contributed by atoms with van der Waals surface area (Å²) in [7, 11) is 0. The molecule has 0 aliphatic carbocycles. The Balaban J connectivity index is 0.00000306. The quantitative estimate of drug-likeness (QED) is 0.455. The van der Waals surface area contributed by atoms with Gasteiger partial charge >= 0.3 is 0 Å². The van der Waals surface area contributed by atoms with E-state index in [4.69, 9.17) is 10.7 Å². The third kappa shape index (κ3) is 6.48. The molecule has 1 aliphatic rings. The topological polar surface area (TPSA) is 122 Å². The Morgan fingerprint density at radius 2 is 2.03 bits per heavy atom. The second-order valence-corrected chi connectivity index (χ2v) is 7.84. The molecule has 174 valence electrons. The second kappa shape index (κ2) is 10.9. The Kier molecular flexibility index (Phi) is 7.94. The van der Waals surface area contributed by atoms with Gasteiger partial charge in [-0.2, -0.15) is 9.97 Å². The highest BCUT2D eigenvalue weighted by Gasteiger charge is 2.26. The van der Waals surface area contributed by atoms with E-state index in [0.717, 1.165) is 24.3 Å². The fraction of sp³-hybridized carbons (Fsp3) is 0.318. The van der Waals surface area contributed by atoms with E-state index in [2.05, 4.69) is 30.5 Å². The highest BCUT2D eigenvalue weighted by Crippen LogP contribution is 2.28. The predicted octanol–water partition coefficient (Wildman–Crippen LogP) is 3.45. The molecule has 4 rings (SSSR count). The van der Waals surface area contributed by atoms with E-state index in [1.807, 2.05) is 13.0 Å². The maximum absolute atomic E-state index is 13.3. The molecule has 2 aromatic heterocycles. The minimum absolute atomic E-state index is 0. The molecule has 4 N–H and O–H groups in total. The number of halogens is 2. The molecule has 0 saturated carbocycles. The zero-order valence-electron chi connectivity index (χ0n) is 18.1. The molecule has 0 unspecified atom stereocenters. The van der Waals surface area contributed by atoms with Gasteiger partial charge in [-0.05, 0) is 37.0 Å². The van der Waals surface area contributed by atoms with Gasteiger partial charge in [0.25, 0.3) is 0 Å². The van der Waals surface area contributed by atoms with Gasteiger partial charge in [-0.15, -0.1) is 12.4 Å². The SMILES string of the molecule is C[C@H](Nc1nc(Nc2cnccn2)cc(N2CC[C@@H](CC(N)=O)C2)n1)c1ccc(F)cc1.Cl. The first kappa shape index (κ1) is 24.1. The largest absolute Gasteiger partial charge is 0.370 e. The van der Waals surface area contributed by atoms with E-state index in [0.29, 0.717) is 30.5 Å². The maximum atomic E-state index is 13.3. The number of nitrogens with zero attached hydrogens (tertiary/aromatic N) is 5. The molecule has 1 saturated heterocycles. The fourth-order valence-corrected chi connectivity index (χ4v) is 3.74. The number of aromatic nitrogens is 4. The van der Waals surface area contributed by atoms with Crippen LogP contribution in [-0.4, -0.2) is 38.9 Å². The standard InChI is InChI=1S/C22H25FN8O.ClH/c1-14(16-2-4-17(23)5-3-16)27-22-29-19(28-20-12-25-7-8-26-20)11-21(30-22)31-9-6-15(13-31)10-18(24)32;/h2-5,7-8,11-12,14-15H,6,9-10,13H2,1H3,(H2,24,32)(H2,26,27,28,29,30);1H/t14-,15-;/m0./s1. The number of benzene rings is 1. The zero-order valence-corrected chi connectivity index (χ0v) is 18.9. The third-order valence-electron chi connectivity index (χ3n) is 5.35. The Morgan fingerprint density at radius 1 is 1.24 bits per heavy atom. The summed E-state index contributed by atoms with van der Waals surface area (Å²) in [5, 5.41) is 6.45. The van der Waals surface area contributed by atoms with E-state index in [9.17, 15) is 9.18 Å². The van der Waals surface area contributed by atoms with Crippen molar-refractivity contribution >= 4 is 41.7 Å². The number of nitrogens with one attached hydrogen (secondary N) is 2. The van der Waals surface area contributed by atoms with Gasteiger partial charge in [-0.25, -0.2) is 9.37 Å². The van der Waals surface area contributed by atoms with Crippen molar-refractivity contribution in [3.8, 4) is 0 Å². The van der Waals surface area contributed by atoms with Crippen molar-refractivity contribution in [1.82, 2.24) is 19.9 Å². The number of carbonyl (C=O) groups is 1. The van der Waals surface area contributed by atoms with E-state index >= 15 is 0 Å². The summed E-state index contributed by atoms with van der Waals surface area (Å²) in [6.45, 7) is 3.42. The molecule has 1 aromatic carbocycles. The van der Waals surface area contributed by atoms with Crippen LogP contribution in [0.2, 0.25) is 0 Å². The molecule has 33 heavy (non-hydrogen) atoms. The Labute approximate surface area is 197 Å². The van der Waals surface area contributed by atoms with Crippen molar-refractivity contribution in [2.24, 2.45) is 11.7 Å². The summed E-state index contributed by atoms with van der Waals surface area (Å²) in [4.78, 5) is 31.0. The molecule has 0 bridgehead atoms. The van der Waals surface area contributed by atoms with Gasteiger partial charge in [-0.3, -0.25) is 9.78 Å². The normalized spacial score (nSPS) is 16.1. The molecule has 3 heterocycles. The first-order valence-electron chi connectivity index (χ1n) is 10.4. The van der Waals surface area contributed by atoms with E-state index in [1.54, 1.807) is 30.7 Å². The van der Waals surface area contributed by atoms with Crippen LogP contribution in [-0.2, 0) is 4.79 Å². The number of hydrogen-bond donors (Lipinski definition) is 3. The summed E-state index contributed by atoms with van der Waals surface area (Å²) in [5.74, 6) is 1.89. The van der Waals surface area contributed by atoms with Gasteiger partial charge in [-0.1, -0.05) is 12.1 Å². The van der Waals surface area contributed by atoms with Crippen LogP contribution in [0.25, 0.3) is 0 Å². The van der Waals surface area contributed by atoms with Crippen LogP contribution in [0.5, 0.6) is 0 Å². The summed E-state index contributed by atoms with van der Waals surface area (Å²) in [5.41, 5.74) is 6.28. The molecule has 1 aliphatic heterocycles. The van der Waals surface area contributed by atoms with Gasteiger partial charge in [0.05, 0.1) is 12.2 Å². The van der Waals surface area contributed by atoms with Crippen LogP contribution in [0.3, 0.4) is 0 Å². The minimum Gasteiger partial charge on any atom is -0.370 e. The number of carbonyl (C=O) groups excluding carboxylic acids is 1. The number of primary amides is 1. The Hall–Kier alpha value is -3.53. The van der Waals surface area contributed by atoms with Crippen molar-refractivity contribution in [1.29, 1.82) is 0 Å². The Morgan fingerprint density at radius 3 is 2.73 bits per heavy atom.